The number of pyridine rings is 1. The molecule has 0 radical (unpaired) electrons. The number of ether oxygens (including phenoxy) is 3. The third-order valence-electron chi connectivity index (χ3n) is 12.3. The van der Waals surface area contributed by atoms with Crippen LogP contribution in [0.15, 0.2) is 53.5 Å². The zero-order chi connectivity index (χ0) is 55.5. The second kappa shape index (κ2) is 34.2. The van der Waals surface area contributed by atoms with Crippen molar-refractivity contribution in [2.24, 2.45) is 0 Å². The van der Waals surface area contributed by atoms with Gasteiger partial charge in [-0.15, -0.1) is 0 Å². The number of aliphatic carboxylic acids is 4. The molecule has 418 valence electrons. The number of nitrogen functional groups attached to an aromatic ring is 1. The fourth-order valence-corrected chi connectivity index (χ4v) is 8.27. The molecule has 0 saturated heterocycles. The minimum Gasteiger partial charge on any atom is -0.549 e. The van der Waals surface area contributed by atoms with Crippen LogP contribution in [0, 0.1) is 0 Å². The largest absolute Gasteiger partial charge is 3.00 e. The number of carbonyl (C=O) groups is 7. The van der Waals surface area contributed by atoms with Crippen molar-refractivity contribution >= 4 is 83.9 Å². The van der Waals surface area contributed by atoms with E-state index >= 15 is 0 Å². The number of aromatic nitrogens is 5. The van der Waals surface area contributed by atoms with Gasteiger partial charge in [0.25, 0.3) is 11.5 Å². The molecule has 27 heteroatoms. The van der Waals surface area contributed by atoms with E-state index in [2.05, 4.69) is 35.6 Å². The number of carbonyl (C=O) groups excluding carboxylic acids is 6. The van der Waals surface area contributed by atoms with Gasteiger partial charge in [0.15, 0.2) is 11.2 Å². The number of unbranched alkanes of at least 4 members (excludes halogenated alkanes) is 2. The average Bonchev–Trinajstić information content (AvgIpc) is 3.39. The number of fused-ring (bicyclic) bond motifs is 3. The third kappa shape index (κ3) is 23.5. The molecule has 0 saturated carbocycles. The van der Waals surface area contributed by atoms with Crippen LogP contribution < -0.4 is 37.2 Å². The summed E-state index contributed by atoms with van der Waals surface area (Å²) in [6.45, 7) is 2.31. The van der Waals surface area contributed by atoms with E-state index in [4.69, 9.17) is 19.9 Å². The Morgan fingerprint density at radius 1 is 0.705 bits per heavy atom. The van der Waals surface area contributed by atoms with Crippen LogP contribution in [0.3, 0.4) is 0 Å². The number of anilines is 2. The summed E-state index contributed by atoms with van der Waals surface area (Å²) in [6.07, 6.45) is 4.09. The Bertz CT molecular complexity index is 2660. The van der Waals surface area contributed by atoms with Crippen LogP contribution in [0.2, 0.25) is 0 Å². The Hall–Kier alpha value is -6.72. The molecule has 1 aliphatic heterocycles. The summed E-state index contributed by atoms with van der Waals surface area (Å²) in [5, 5.41) is 50.7. The van der Waals surface area contributed by atoms with Gasteiger partial charge in [-0.2, -0.15) is 4.98 Å². The summed E-state index contributed by atoms with van der Waals surface area (Å²) < 4.78 is 16.7. The molecule has 1 amide bonds. The van der Waals surface area contributed by atoms with Gasteiger partial charge in [0.05, 0.1) is 80.2 Å². The van der Waals surface area contributed by atoms with E-state index in [0.29, 0.717) is 88.1 Å². The summed E-state index contributed by atoms with van der Waals surface area (Å²) in [4.78, 5) is 122. The number of nitrogens with two attached hydrogens (primary N) is 1. The van der Waals surface area contributed by atoms with Gasteiger partial charge in [-0.3, -0.25) is 43.8 Å². The van der Waals surface area contributed by atoms with Crippen LogP contribution in [0.25, 0.3) is 11.2 Å². The normalized spacial score (nSPS) is 14.3. The summed E-state index contributed by atoms with van der Waals surface area (Å²) in [6, 6.07) is 9.03. The first-order valence-corrected chi connectivity index (χ1v) is 25.4. The number of hydrogen-bond donors (Lipinski definition) is 5. The first kappa shape index (κ1) is 63.8. The Balaban J connectivity index is 0.0000131. The Morgan fingerprint density at radius 3 is 1.90 bits per heavy atom. The molecule has 26 nitrogen and oxygen atoms in total. The number of nitrogens with zero attached hydrogens (tertiary/aromatic N) is 7. The molecule has 1 aromatic carbocycles. The van der Waals surface area contributed by atoms with Crippen LogP contribution in [0.1, 0.15) is 91.6 Å². The zero-order valence-electron chi connectivity index (χ0n) is 43.4. The second-order valence-electron chi connectivity index (χ2n) is 18.3. The van der Waals surface area contributed by atoms with Crippen molar-refractivity contribution in [1.82, 2.24) is 44.9 Å². The van der Waals surface area contributed by atoms with Gasteiger partial charge in [0.1, 0.15) is 17.6 Å². The molecule has 6 N–H and O–H groups in total. The van der Waals surface area contributed by atoms with Crippen molar-refractivity contribution in [3.63, 3.8) is 0 Å². The molecular weight excluding hydrogens is 1080 g/mol. The van der Waals surface area contributed by atoms with Crippen molar-refractivity contribution in [2.75, 3.05) is 90.0 Å². The second-order valence-corrected chi connectivity index (χ2v) is 18.3. The third-order valence-corrected chi connectivity index (χ3v) is 12.3. The first-order chi connectivity index (χ1) is 37.0. The Kier molecular flexibility index (Phi) is 28.0. The number of carboxylic acid groups (broad SMARTS) is 4. The van der Waals surface area contributed by atoms with Gasteiger partial charge >= 0.3 is 25.8 Å². The minimum atomic E-state index is -1.37. The van der Waals surface area contributed by atoms with Crippen molar-refractivity contribution in [1.29, 1.82) is 0 Å². The quantitative estimate of drug-likeness (QED) is 0.0237. The number of rotatable bonds is 34. The Morgan fingerprint density at radius 2 is 1.28 bits per heavy atom. The van der Waals surface area contributed by atoms with Crippen LogP contribution in [-0.2, 0) is 62.6 Å². The summed E-state index contributed by atoms with van der Waals surface area (Å²) in [7, 11) is 0. The Labute approximate surface area is 462 Å². The number of amides is 1. The predicted molar refractivity (Wildman–Crippen MR) is 275 cm³/mol. The predicted octanol–water partition coefficient (Wildman–Crippen LogP) is -2.57. The monoisotopic (exact) mass is 1140 g/mol. The number of ketones is 2. The van der Waals surface area contributed by atoms with Gasteiger partial charge in [0, 0.05) is 103 Å². The van der Waals surface area contributed by atoms with Crippen molar-refractivity contribution in [3.8, 4) is 0 Å². The van der Waals surface area contributed by atoms with E-state index in [0.717, 1.165) is 0 Å². The number of Topliss-reactive ketones (excluding diaryl/α,β-unsaturated/α-hetero) is 2. The molecule has 2 atom stereocenters. The molecule has 3 aromatic heterocycles. The van der Waals surface area contributed by atoms with E-state index in [-0.39, 0.29) is 145 Å². The number of aromatic amines is 1. The molecule has 4 heterocycles. The van der Waals surface area contributed by atoms with E-state index in [9.17, 15) is 58.8 Å². The topological polar surface area (TPSA) is 381 Å². The maximum atomic E-state index is 12.9. The molecule has 0 fully saturated rings. The van der Waals surface area contributed by atoms with Gasteiger partial charge in [-0.25, -0.2) is 14.8 Å². The number of benzene rings is 1. The van der Waals surface area contributed by atoms with Crippen molar-refractivity contribution < 1.29 is 68.2 Å². The molecule has 1 unspecified atom stereocenters. The maximum absolute atomic E-state index is 12.9. The standard InChI is InChI=1S/C51H69N11O15.Ga/c52-51-58-46-45(48(70)59-51)56-38(29-54-46)28-53-35-12-10-34(11-13-35)47(69)57-41(49(71)72)16-14-39(63)8-1-3-22-75-24-26-77-27-25-76-23-4-2-9-40(64)15-17-42(50(73)74)62-21-20-60(32-43(65)66)18-19-61(33-44(67)68)30-36-6-5-7-37(31-62)55-36;/h5-7,10-13,29,41-42,53H,1-4,8-9,14-28,30-33H2,(H,57,69)(H,65,66)(H,67,68)(H,71,72)(H,73,74)(H3,52,54,58,59,70);/q;+3/p-3/t41-,42?;/m0./s1. The van der Waals surface area contributed by atoms with E-state index < -0.39 is 54.0 Å². The fourth-order valence-electron chi connectivity index (χ4n) is 8.27. The zero-order valence-corrected chi connectivity index (χ0v) is 45.8. The summed E-state index contributed by atoms with van der Waals surface area (Å²) >= 11 is 0. The van der Waals surface area contributed by atoms with Gasteiger partial charge in [0.2, 0.25) is 5.95 Å². The molecule has 78 heavy (non-hydrogen) atoms. The molecule has 2 bridgehead atoms. The molecule has 0 aliphatic carbocycles. The first-order valence-electron chi connectivity index (χ1n) is 25.4. The van der Waals surface area contributed by atoms with E-state index in [1.807, 2.05) is 0 Å². The summed E-state index contributed by atoms with van der Waals surface area (Å²) in [5.41, 5.74) is 7.55. The smallest absolute Gasteiger partial charge is 0.549 e. The molecule has 1 aliphatic rings. The molecule has 5 rings (SSSR count). The number of H-pyrrole nitrogens is 1. The van der Waals surface area contributed by atoms with Crippen LogP contribution in [0.5, 0.6) is 0 Å². The number of hydrogen-bond acceptors (Lipinski definition) is 23. The van der Waals surface area contributed by atoms with E-state index in [1.54, 1.807) is 45.0 Å². The van der Waals surface area contributed by atoms with Crippen molar-refractivity contribution in [2.45, 2.75) is 95.9 Å². The number of carboxylic acids is 4. The fraction of sp³-hybridized carbons (Fsp3) is 0.529. The maximum Gasteiger partial charge on any atom is 3.00 e. The SMILES string of the molecule is Nc1nc2ncc(CNc3ccc(C(=O)N[C@@H](CCC(=O)CCCCOCCOCCOCCCCC(=O)CCC(C(=O)[O-])N4CCN(CC(=O)[O-])CCN(CC(=O)[O-])Cc5cccc(n5)C4)C(=O)O)cc3)nc2c(=O)[nH]1.[Ga+3]. The van der Waals surface area contributed by atoms with Gasteiger partial charge in [-0.05, 0) is 74.9 Å². The van der Waals surface area contributed by atoms with Crippen LogP contribution in [0.4, 0.5) is 11.6 Å². The van der Waals surface area contributed by atoms with Crippen LogP contribution >= 0.6 is 0 Å². The van der Waals surface area contributed by atoms with Crippen molar-refractivity contribution in [3.05, 3.63) is 81.7 Å². The minimum absolute atomic E-state index is 0. The number of nitrogens with one attached hydrogen (secondary N) is 3. The van der Waals surface area contributed by atoms with Gasteiger partial charge in [-0.1, -0.05) is 6.07 Å². The molecule has 0 spiro atoms. The van der Waals surface area contributed by atoms with Crippen LogP contribution in [-0.4, -0.2) is 197 Å². The van der Waals surface area contributed by atoms with Gasteiger partial charge < -0.3 is 65.4 Å². The molecular formula is C51H66GaN11O15. The summed E-state index contributed by atoms with van der Waals surface area (Å²) in [5.74, 6) is -6.18. The average molecular weight is 1140 g/mol. The molecule has 4 aromatic rings. The van der Waals surface area contributed by atoms with E-state index in [1.165, 1.54) is 18.3 Å².